The van der Waals surface area contributed by atoms with Crippen molar-refractivity contribution < 1.29 is 4.79 Å². The van der Waals surface area contributed by atoms with Gasteiger partial charge in [0.25, 0.3) is 5.91 Å². The van der Waals surface area contributed by atoms with Crippen molar-refractivity contribution in [2.24, 2.45) is 0 Å². The molecule has 0 atom stereocenters. The fourth-order valence-electron chi connectivity index (χ4n) is 3.01. The standard InChI is InChI=1S/C13H19N3O/c17-13(15-9-3-4-10-15)12-7-8-14-16(12)11-5-1-2-6-11/h7-8,11H,1-6,9-10H2. The molecule has 2 aliphatic rings. The highest BCUT2D eigenvalue weighted by Gasteiger charge is 2.26. The van der Waals surface area contributed by atoms with Gasteiger partial charge in [0, 0.05) is 19.3 Å². The van der Waals surface area contributed by atoms with E-state index in [2.05, 4.69) is 5.10 Å². The summed E-state index contributed by atoms with van der Waals surface area (Å²) in [5, 5.41) is 4.36. The van der Waals surface area contributed by atoms with Gasteiger partial charge >= 0.3 is 0 Å². The highest BCUT2D eigenvalue weighted by Crippen LogP contribution is 2.30. The zero-order valence-electron chi connectivity index (χ0n) is 10.1. The molecule has 2 fully saturated rings. The molecule has 2 heterocycles. The number of nitrogens with zero attached hydrogens (tertiary/aromatic N) is 3. The van der Waals surface area contributed by atoms with Crippen molar-refractivity contribution in [2.45, 2.75) is 44.6 Å². The largest absolute Gasteiger partial charge is 0.337 e. The molecule has 1 aromatic rings. The number of rotatable bonds is 2. The van der Waals surface area contributed by atoms with Crippen LogP contribution in [0.4, 0.5) is 0 Å². The maximum Gasteiger partial charge on any atom is 0.272 e. The number of hydrogen-bond donors (Lipinski definition) is 0. The van der Waals surface area contributed by atoms with Crippen LogP contribution in [0.3, 0.4) is 0 Å². The third-order valence-electron chi connectivity index (χ3n) is 3.95. The van der Waals surface area contributed by atoms with Crippen LogP contribution in [0.1, 0.15) is 55.1 Å². The van der Waals surface area contributed by atoms with Gasteiger partial charge in [0.05, 0.1) is 6.04 Å². The van der Waals surface area contributed by atoms with Crippen LogP contribution in [0.2, 0.25) is 0 Å². The van der Waals surface area contributed by atoms with Crippen molar-refractivity contribution >= 4 is 5.91 Å². The number of hydrogen-bond acceptors (Lipinski definition) is 2. The highest BCUT2D eigenvalue weighted by molar-refractivity contribution is 5.92. The highest BCUT2D eigenvalue weighted by atomic mass is 16.2. The summed E-state index contributed by atoms with van der Waals surface area (Å²) in [6.45, 7) is 1.82. The minimum atomic E-state index is 0.173. The number of carbonyl (C=O) groups excluding carboxylic acids is 1. The molecule has 1 saturated heterocycles. The lowest BCUT2D eigenvalue weighted by molar-refractivity contribution is 0.0777. The van der Waals surface area contributed by atoms with E-state index < -0.39 is 0 Å². The Bertz CT molecular complexity index is 401. The van der Waals surface area contributed by atoms with Crippen molar-refractivity contribution in [3.05, 3.63) is 18.0 Å². The first kappa shape index (κ1) is 10.8. The first-order chi connectivity index (χ1) is 8.36. The molecule has 0 spiro atoms. The van der Waals surface area contributed by atoms with E-state index in [1.165, 1.54) is 25.7 Å². The fourth-order valence-corrected chi connectivity index (χ4v) is 3.01. The molecule has 1 amide bonds. The summed E-state index contributed by atoms with van der Waals surface area (Å²) < 4.78 is 1.97. The van der Waals surface area contributed by atoms with E-state index in [4.69, 9.17) is 0 Å². The molecular weight excluding hydrogens is 214 g/mol. The SMILES string of the molecule is O=C(c1ccnn1C1CCCC1)N1CCCC1. The van der Waals surface area contributed by atoms with Crippen molar-refractivity contribution in [3.63, 3.8) is 0 Å². The molecule has 1 aromatic heterocycles. The first-order valence-corrected chi connectivity index (χ1v) is 6.69. The second-order valence-electron chi connectivity index (χ2n) is 5.10. The normalized spacial score (nSPS) is 21.3. The van der Waals surface area contributed by atoms with Crippen molar-refractivity contribution in [1.82, 2.24) is 14.7 Å². The Hall–Kier alpha value is -1.32. The van der Waals surface area contributed by atoms with Gasteiger partial charge in [-0.05, 0) is 31.7 Å². The number of likely N-dealkylation sites (tertiary alicyclic amines) is 1. The average Bonchev–Trinajstić information content (AvgIpc) is 3.09. The van der Waals surface area contributed by atoms with E-state index >= 15 is 0 Å². The second-order valence-corrected chi connectivity index (χ2v) is 5.10. The second kappa shape index (κ2) is 4.51. The maximum atomic E-state index is 12.4. The summed E-state index contributed by atoms with van der Waals surface area (Å²) in [6, 6.07) is 2.32. The molecule has 92 valence electrons. The minimum absolute atomic E-state index is 0.173. The minimum Gasteiger partial charge on any atom is -0.337 e. The molecule has 17 heavy (non-hydrogen) atoms. The molecule has 1 aliphatic carbocycles. The van der Waals surface area contributed by atoms with Gasteiger partial charge in [0.2, 0.25) is 0 Å². The van der Waals surface area contributed by atoms with Crippen LogP contribution in [0.25, 0.3) is 0 Å². The third kappa shape index (κ3) is 1.96. The van der Waals surface area contributed by atoms with Crippen molar-refractivity contribution in [3.8, 4) is 0 Å². The van der Waals surface area contributed by atoms with E-state index in [-0.39, 0.29) is 5.91 Å². The van der Waals surface area contributed by atoms with Crippen LogP contribution in [0.15, 0.2) is 12.3 Å². The zero-order valence-corrected chi connectivity index (χ0v) is 10.1. The summed E-state index contributed by atoms with van der Waals surface area (Å²) in [5.74, 6) is 0.173. The Morgan fingerprint density at radius 1 is 1.18 bits per heavy atom. The number of carbonyl (C=O) groups is 1. The monoisotopic (exact) mass is 233 g/mol. The Kier molecular flexibility index (Phi) is 2.87. The number of amides is 1. The van der Waals surface area contributed by atoms with Crippen LogP contribution >= 0.6 is 0 Å². The quantitative estimate of drug-likeness (QED) is 0.785. The molecule has 1 saturated carbocycles. The van der Waals surface area contributed by atoms with Gasteiger partial charge < -0.3 is 4.90 Å². The summed E-state index contributed by atoms with van der Waals surface area (Å²) in [6.07, 6.45) is 8.92. The van der Waals surface area contributed by atoms with Crippen molar-refractivity contribution in [1.29, 1.82) is 0 Å². The molecule has 0 radical (unpaired) electrons. The van der Waals surface area contributed by atoms with E-state index in [1.54, 1.807) is 6.20 Å². The van der Waals surface area contributed by atoms with Gasteiger partial charge in [0.1, 0.15) is 5.69 Å². The molecule has 4 heteroatoms. The Balaban J connectivity index is 1.82. The van der Waals surface area contributed by atoms with Gasteiger partial charge in [-0.3, -0.25) is 9.48 Å². The summed E-state index contributed by atoms with van der Waals surface area (Å²) >= 11 is 0. The van der Waals surface area contributed by atoms with Gasteiger partial charge in [-0.25, -0.2) is 0 Å². The molecule has 0 N–H and O–H groups in total. The van der Waals surface area contributed by atoms with E-state index in [0.29, 0.717) is 6.04 Å². The van der Waals surface area contributed by atoms with Crippen LogP contribution in [-0.2, 0) is 0 Å². The fraction of sp³-hybridized carbons (Fsp3) is 0.692. The molecular formula is C13H19N3O. The lowest BCUT2D eigenvalue weighted by Gasteiger charge is -2.18. The lowest BCUT2D eigenvalue weighted by Crippen LogP contribution is -2.30. The Morgan fingerprint density at radius 2 is 1.88 bits per heavy atom. The average molecular weight is 233 g/mol. The molecule has 0 bridgehead atoms. The molecule has 4 nitrogen and oxygen atoms in total. The van der Waals surface area contributed by atoms with Crippen LogP contribution < -0.4 is 0 Å². The lowest BCUT2D eigenvalue weighted by atomic mass is 10.2. The van der Waals surface area contributed by atoms with E-state index in [9.17, 15) is 4.79 Å². The first-order valence-electron chi connectivity index (χ1n) is 6.69. The van der Waals surface area contributed by atoms with Gasteiger partial charge in [-0.1, -0.05) is 12.8 Å². The predicted molar refractivity (Wildman–Crippen MR) is 64.9 cm³/mol. The molecule has 0 aromatic carbocycles. The van der Waals surface area contributed by atoms with Crippen LogP contribution in [-0.4, -0.2) is 33.7 Å². The molecule has 1 aliphatic heterocycles. The van der Waals surface area contributed by atoms with E-state index in [0.717, 1.165) is 31.6 Å². The molecule has 3 rings (SSSR count). The maximum absolute atomic E-state index is 12.4. The van der Waals surface area contributed by atoms with Crippen LogP contribution in [0.5, 0.6) is 0 Å². The topological polar surface area (TPSA) is 38.1 Å². The van der Waals surface area contributed by atoms with Crippen LogP contribution in [0, 0.1) is 0 Å². The summed E-state index contributed by atoms with van der Waals surface area (Å²) in [4.78, 5) is 14.3. The van der Waals surface area contributed by atoms with E-state index in [1.807, 2.05) is 15.6 Å². The molecule has 0 unspecified atom stereocenters. The zero-order chi connectivity index (χ0) is 11.7. The van der Waals surface area contributed by atoms with Gasteiger partial charge in [-0.15, -0.1) is 0 Å². The predicted octanol–water partition coefficient (Wildman–Crippen LogP) is 2.23. The third-order valence-corrected chi connectivity index (χ3v) is 3.95. The van der Waals surface area contributed by atoms with Gasteiger partial charge in [0.15, 0.2) is 0 Å². The summed E-state index contributed by atoms with van der Waals surface area (Å²) in [5.41, 5.74) is 0.791. The van der Waals surface area contributed by atoms with Gasteiger partial charge in [-0.2, -0.15) is 5.10 Å². The number of aromatic nitrogens is 2. The summed E-state index contributed by atoms with van der Waals surface area (Å²) in [7, 11) is 0. The van der Waals surface area contributed by atoms with Crippen molar-refractivity contribution in [2.75, 3.05) is 13.1 Å². The smallest absolute Gasteiger partial charge is 0.272 e. The Morgan fingerprint density at radius 3 is 2.59 bits per heavy atom. The Labute approximate surface area is 102 Å².